The molecule has 1 fully saturated rings. The van der Waals surface area contributed by atoms with E-state index >= 15 is 0 Å². The van der Waals surface area contributed by atoms with Crippen LogP contribution >= 0.6 is 11.3 Å². The van der Waals surface area contributed by atoms with Crippen LogP contribution in [0.2, 0.25) is 0 Å². The zero-order valence-corrected chi connectivity index (χ0v) is 17.2. The van der Waals surface area contributed by atoms with Crippen LogP contribution in [0.3, 0.4) is 0 Å². The van der Waals surface area contributed by atoms with Gasteiger partial charge in [-0.05, 0) is 49.6 Å². The van der Waals surface area contributed by atoms with Crippen molar-refractivity contribution < 1.29 is 18.0 Å². The highest BCUT2D eigenvalue weighted by atomic mass is 32.1. The highest BCUT2D eigenvalue weighted by Gasteiger charge is 2.35. The topological polar surface area (TPSA) is 50.2 Å². The number of hydrogen-bond acceptors (Lipinski definition) is 4. The number of anilines is 2. The van der Waals surface area contributed by atoms with Crippen molar-refractivity contribution in [2.24, 2.45) is 7.05 Å². The Balaban J connectivity index is 1.54. The first-order valence-electron chi connectivity index (χ1n) is 9.70. The minimum absolute atomic E-state index is 0.283. The number of halogens is 3. The summed E-state index contributed by atoms with van der Waals surface area (Å²) in [6, 6.07) is 12.0. The molecular weight excluding hydrogens is 413 g/mol. The summed E-state index contributed by atoms with van der Waals surface area (Å²) >= 11 is 1.14. The van der Waals surface area contributed by atoms with Gasteiger partial charge in [0.2, 0.25) is 0 Å². The molecule has 0 radical (unpaired) electrons. The smallest absolute Gasteiger partial charge is 0.370 e. The van der Waals surface area contributed by atoms with Gasteiger partial charge < -0.3 is 10.2 Å². The fourth-order valence-corrected chi connectivity index (χ4v) is 4.56. The Labute approximate surface area is 176 Å². The molecule has 0 saturated carbocycles. The second-order valence-electron chi connectivity index (χ2n) is 7.22. The van der Waals surface area contributed by atoms with Gasteiger partial charge in [-0.3, -0.25) is 9.48 Å². The molecule has 2 aromatic heterocycles. The van der Waals surface area contributed by atoms with Crippen LogP contribution in [-0.4, -0.2) is 28.8 Å². The van der Waals surface area contributed by atoms with Gasteiger partial charge in [0.15, 0.2) is 5.69 Å². The predicted molar refractivity (Wildman–Crippen MR) is 112 cm³/mol. The molecule has 0 atom stereocenters. The van der Waals surface area contributed by atoms with Crippen LogP contribution in [0.4, 0.5) is 24.5 Å². The first-order chi connectivity index (χ1) is 14.3. The van der Waals surface area contributed by atoms with Crippen molar-refractivity contribution in [3.63, 3.8) is 0 Å². The molecule has 1 aromatic carbocycles. The van der Waals surface area contributed by atoms with Gasteiger partial charge in [-0.1, -0.05) is 12.1 Å². The average Bonchev–Trinajstić information content (AvgIpc) is 3.35. The molecule has 1 saturated heterocycles. The standard InChI is InChI=1S/C21H21F3N4OS/c1-27-16(13-19(26-27)21(22,23)24)17-9-10-18(30-17)20(29)25-14-7-3-4-8-15(14)28-11-5-2-6-12-28/h3-4,7-10,13H,2,5-6,11-12H2,1H3,(H,25,29). The summed E-state index contributed by atoms with van der Waals surface area (Å²) in [6.45, 7) is 1.91. The number of para-hydroxylation sites is 2. The van der Waals surface area contributed by atoms with Gasteiger partial charge in [-0.2, -0.15) is 18.3 Å². The number of nitrogens with zero attached hydrogens (tertiary/aromatic N) is 3. The van der Waals surface area contributed by atoms with Crippen LogP contribution in [0.15, 0.2) is 42.5 Å². The monoisotopic (exact) mass is 434 g/mol. The lowest BCUT2D eigenvalue weighted by molar-refractivity contribution is -0.141. The number of alkyl halides is 3. The van der Waals surface area contributed by atoms with Gasteiger partial charge in [0.05, 0.1) is 26.8 Å². The van der Waals surface area contributed by atoms with Crippen LogP contribution in [0.5, 0.6) is 0 Å². The summed E-state index contributed by atoms with van der Waals surface area (Å²) in [5, 5.41) is 6.50. The Morgan fingerprint density at radius 3 is 2.53 bits per heavy atom. The molecular formula is C21H21F3N4OS. The second kappa shape index (κ2) is 8.14. The number of thiophene rings is 1. The van der Waals surface area contributed by atoms with E-state index in [2.05, 4.69) is 15.3 Å². The molecule has 3 heterocycles. The summed E-state index contributed by atoms with van der Waals surface area (Å²) in [4.78, 5) is 16.1. The van der Waals surface area contributed by atoms with Crippen molar-refractivity contribution in [2.75, 3.05) is 23.3 Å². The number of amides is 1. The zero-order valence-electron chi connectivity index (χ0n) is 16.4. The predicted octanol–water partition coefficient (Wildman–Crippen LogP) is 5.41. The average molecular weight is 434 g/mol. The fourth-order valence-electron chi connectivity index (χ4n) is 3.61. The number of carbonyl (C=O) groups excluding carboxylic acids is 1. The SMILES string of the molecule is Cn1nc(C(F)(F)F)cc1-c1ccc(C(=O)Nc2ccccc2N2CCCCC2)s1. The Kier molecular flexibility index (Phi) is 5.55. The summed E-state index contributed by atoms with van der Waals surface area (Å²) in [7, 11) is 1.46. The maximum atomic E-state index is 12.9. The molecule has 158 valence electrons. The Morgan fingerprint density at radius 2 is 1.83 bits per heavy atom. The van der Waals surface area contributed by atoms with Crippen LogP contribution < -0.4 is 10.2 Å². The van der Waals surface area contributed by atoms with Crippen molar-refractivity contribution in [3.05, 3.63) is 53.0 Å². The Hall–Kier alpha value is -2.81. The molecule has 0 spiro atoms. The maximum absolute atomic E-state index is 12.9. The molecule has 0 unspecified atom stereocenters. The summed E-state index contributed by atoms with van der Waals surface area (Å²) in [5.74, 6) is -0.283. The van der Waals surface area contributed by atoms with E-state index in [1.165, 1.54) is 18.2 Å². The van der Waals surface area contributed by atoms with Crippen molar-refractivity contribution in [3.8, 4) is 10.6 Å². The van der Waals surface area contributed by atoms with Crippen LogP contribution in [0, 0.1) is 0 Å². The van der Waals surface area contributed by atoms with Crippen molar-refractivity contribution >= 4 is 28.6 Å². The zero-order chi connectivity index (χ0) is 21.3. The van der Waals surface area contributed by atoms with Crippen LogP contribution in [0.1, 0.15) is 34.6 Å². The molecule has 5 nitrogen and oxygen atoms in total. The first kappa shape index (κ1) is 20.5. The maximum Gasteiger partial charge on any atom is 0.435 e. The number of aromatic nitrogens is 2. The lowest BCUT2D eigenvalue weighted by atomic mass is 10.1. The van der Waals surface area contributed by atoms with Crippen molar-refractivity contribution in [1.29, 1.82) is 0 Å². The van der Waals surface area contributed by atoms with E-state index in [9.17, 15) is 18.0 Å². The van der Waals surface area contributed by atoms with Crippen LogP contribution in [-0.2, 0) is 13.2 Å². The number of benzene rings is 1. The van der Waals surface area contributed by atoms with Crippen molar-refractivity contribution in [2.45, 2.75) is 25.4 Å². The number of nitrogens with one attached hydrogen (secondary N) is 1. The summed E-state index contributed by atoms with van der Waals surface area (Å²) in [6.07, 6.45) is -1.04. The highest BCUT2D eigenvalue weighted by molar-refractivity contribution is 7.17. The van der Waals surface area contributed by atoms with Gasteiger partial charge in [0, 0.05) is 20.1 Å². The summed E-state index contributed by atoms with van der Waals surface area (Å²) in [5.41, 5.74) is 1.10. The molecule has 1 amide bonds. The molecule has 0 bridgehead atoms. The molecule has 1 N–H and O–H groups in total. The number of piperidine rings is 1. The lowest BCUT2D eigenvalue weighted by Gasteiger charge is -2.30. The van der Waals surface area contributed by atoms with E-state index in [1.807, 2.05) is 24.3 Å². The Bertz CT molecular complexity index is 1050. The molecule has 9 heteroatoms. The quantitative estimate of drug-likeness (QED) is 0.597. The number of hydrogen-bond donors (Lipinski definition) is 1. The van der Waals surface area contributed by atoms with Gasteiger partial charge in [0.1, 0.15) is 0 Å². The number of rotatable bonds is 4. The van der Waals surface area contributed by atoms with Gasteiger partial charge in [0.25, 0.3) is 5.91 Å². The molecule has 4 rings (SSSR count). The third-order valence-corrected chi connectivity index (χ3v) is 6.21. The van der Waals surface area contributed by atoms with E-state index in [4.69, 9.17) is 0 Å². The Morgan fingerprint density at radius 1 is 1.10 bits per heavy atom. The molecule has 30 heavy (non-hydrogen) atoms. The molecule has 1 aliphatic heterocycles. The minimum atomic E-state index is -4.51. The van der Waals surface area contributed by atoms with E-state index in [-0.39, 0.29) is 5.91 Å². The van der Waals surface area contributed by atoms with Crippen molar-refractivity contribution in [1.82, 2.24) is 9.78 Å². The van der Waals surface area contributed by atoms with E-state index in [0.717, 1.165) is 54.7 Å². The van der Waals surface area contributed by atoms with Gasteiger partial charge >= 0.3 is 6.18 Å². The highest BCUT2D eigenvalue weighted by Crippen LogP contribution is 2.35. The third kappa shape index (κ3) is 4.21. The lowest BCUT2D eigenvalue weighted by Crippen LogP contribution is -2.30. The largest absolute Gasteiger partial charge is 0.435 e. The van der Waals surface area contributed by atoms with Gasteiger partial charge in [-0.15, -0.1) is 11.3 Å². The normalized spacial score (nSPS) is 14.7. The van der Waals surface area contributed by atoms with E-state index < -0.39 is 11.9 Å². The van der Waals surface area contributed by atoms with Crippen LogP contribution in [0.25, 0.3) is 10.6 Å². The molecule has 3 aromatic rings. The van der Waals surface area contributed by atoms with Gasteiger partial charge in [-0.25, -0.2) is 0 Å². The second-order valence-corrected chi connectivity index (χ2v) is 8.30. The first-order valence-corrected chi connectivity index (χ1v) is 10.5. The van der Waals surface area contributed by atoms with E-state index in [1.54, 1.807) is 12.1 Å². The third-order valence-electron chi connectivity index (χ3n) is 5.10. The molecule has 0 aliphatic carbocycles. The minimum Gasteiger partial charge on any atom is -0.370 e. The summed E-state index contributed by atoms with van der Waals surface area (Å²) < 4.78 is 40.0. The van der Waals surface area contributed by atoms with E-state index in [0.29, 0.717) is 15.4 Å². The molecule has 1 aliphatic rings. The fraction of sp³-hybridized carbons (Fsp3) is 0.333. The number of aryl methyl sites for hydroxylation is 1. The number of carbonyl (C=O) groups is 1.